The molecule has 5 heteroatoms. The molecule has 0 radical (unpaired) electrons. The van der Waals surface area contributed by atoms with Gasteiger partial charge in [-0.05, 0) is 13.8 Å². The Bertz CT molecular complexity index is 194. The van der Waals surface area contributed by atoms with Crippen molar-refractivity contribution in [2.45, 2.75) is 26.1 Å². The highest BCUT2D eigenvalue weighted by molar-refractivity contribution is 4.74. The van der Waals surface area contributed by atoms with Gasteiger partial charge in [0.15, 0.2) is 0 Å². The van der Waals surface area contributed by atoms with Gasteiger partial charge in [-0.1, -0.05) is 0 Å². The molecule has 2 N–H and O–H groups in total. The highest BCUT2D eigenvalue weighted by Crippen LogP contribution is 2.03. The number of β-amino-alcohol motifs (C(OH)–C–C–N with tert-alkyl or cyclic N) is 2. The Balaban J connectivity index is 2.12. The van der Waals surface area contributed by atoms with E-state index in [2.05, 4.69) is 9.80 Å². The van der Waals surface area contributed by atoms with Crippen LogP contribution in [-0.2, 0) is 4.74 Å². The van der Waals surface area contributed by atoms with Gasteiger partial charge in [0.25, 0.3) is 0 Å². The van der Waals surface area contributed by atoms with Crippen LogP contribution in [0.2, 0.25) is 0 Å². The SMILES string of the molecule is CC(C)OC[C@@H](O)CN1CCN(CCO)CC1. The monoisotopic (exact) mass is 246 g/mol. The first-order chi connectivity index (χ1) is 8.11. The zero-order valence-corrected chi connectivity index (χ0v) is 11.0. The summed E-state index contributed by atoms with van der Waals surface area (Å²) in [5.41, 5.74) is 0. The standard InChI is InChI=1S/C12H26N2O3/c1-11(2)17-10-12(16)9-14-5-3-13(4-6-14)7-8-15/h11-12,15-16H,3-10H2,1-2H3/t12-/m0/s1. The van der Waals surface area contributed by atoms with Crippen molar-refractivity contribution in [1.82, 2.24) is 9.80 Å². The Morgan fingerprint density at radius 1 is 1.12 bits per heavy atom. The molecule has 0 spiro atoms. The maximum absolute atomic E-state index is 9.80. The third kappa shape index (κ3) is 6.33. The van der Waals surface area contributed by atoms with Crippen LogP contribution >= 0.6 is 0 Å². The summed E-state index contributed by atoms with van der Waals surface area (Å²) < 4.78 is 5.38. The van der Waals surface area contributed by atoms with E-state index in [4.69, 9.17) is 9.84 Å². The van der Waals surface area contributed by atoms with Gasteiger partial charge in [-0.15, -0.1) is 0 Å². The van der Waals surface area contributed by atoms with Crippen molar-refractivity contribution in [2.75, 3.05) is 52.5 Å². The lowest BCUT2D eigenvalue weighted by Crippen LogP contribution is -2.49. The zero-order chi connectivity index (χ0) is 12.7. The normalized spacial score (nSPS) is 21.0. The average Bonchev–Trinajstić information content (AvgIpc) is 2.29. The van der Waals surface area contributed by atoms with Gasteiger partial charge in [-0.25, -0.2) is 0 Å². The van der Waals surface area contributed by atoms with Gasteiger partial charge in [0, 0.05) is 39.3 Å². The molecular formula is C12H26N2O3. The van der Waals surface area contributed by atoms with Crippen LogP contribution in [0.4, 0.5) is 0 Å². The van der Waals surface area contributed by atoms with Gasteiger partial charge in [0.2, 0.25) is 0 Å². The van der Waals surface area contributed by atoms with Gasteiger partial charge >= 0.3 is 0 Å². The first-order valence-electron chi connectivity index (χ1n) is 6.47. The van der Waals surface area contributed by atoms with E-state index < -0.39 is 6.10 Å². The van der Waals surface area contributed by atoms with Gasteiger partial charge in [0.05, 0.1) is 25.4 Å². The molecule has 17 heavy (non-hydrogen) atoms. The third-order valence-corrected chi connectivity index (χ3v) is 2.97. The quantitative estimate of drug-likeness (QED) is 0.627. The fraction of sp³-hybridized carbons (Fsp3) is 1.00. The molecule has 0 unspecified atom stereocenters. The summed E-state index contributed by atoms with van der Waals surface area (Å²) in [6, 6.07) is 0. The van der Waals surface area contributed by atoms with Crippen molar-refractivity contribution in [3.05, 3.63) is 0 Å². The maximum Gasteiger partial charge on any atom is 0.0900 e. The second kappa shape index (κ2) is 8.00. The Labute approximate surface area is 104 Å². The van der Waals surface area contributed by atoms with Crippen molar-refractivity contribution in [3.63, 3.8) is 0 Å². The molecule has 102 valence electrons. The minimum absolute atomic E-state index is 0.172. The molecular weight excluding hydrogens is 220 g/mol. The van der Waals surface area contributed by atoms with E-state index in [1.54, 1.807) is 0 Å². The summed E-state index contributed by atoms with van der Waals surface area (Å²) in [6.07, 6.45) is -0.229. The van der Waals surface area contributed by atoms with E-state index in [1.807, 2.05) is 13.8 Å². The van der Waals surface area contributed by atoms with Gasteiger partial charge < -0.3 is 14.9 Å². The largest absolute Gasteiger partial charge is 0.395 e. The van der Waals surface area contributed by atoms with Crippen LogP contribution in [0.5, 0.6) is 0 Å². The molecule has 1 saturated heterocycles. The number of piperazine rings is 1. The lowest BCUT2D eigenvalue weighted by molar-refractivity contribution is -0.0150. The molecule has 0 bridgehead atoms. The van der Waals surface area contributed by atoms with Crippen LogP contribution < -0.4 is 0 Å². The first kappa shape index (κ1) is 14.9. The molecule has 1 rings (SSSR count). The minimum Gasteiger partial charge on any atom is -0.395 e. The maximum atomic E-state index is 9.80. The average molecular weight is 246 g/mol. The summed E-state index contributed by atoms with van der Waals surface area (Å²) in [5, 5.41) is 18.6. The molecule has 1 heterocycles. The van der Waals surface area contributed by atoms with Crippen LogP contribution in [0.25, 0.3) is 0 Å². The topological polar surface area (TPSA) is 56.2 Å². The van der Waals surface area contributed by atoms with E-state index in [0.717, 1.165) is 32.7 Å². The number of hydrogen-bond acceptors (Lipinski definition) is 5. The summed E-state index contributed by atoms with van der Waals surface area (Å²) in [6.45, 7) is 9.88. The van der Waals surface area contributed by atoms with Crippen LogP contribution in [0.1, 0.15) is 13.8 Å². The lowest BCUT2D eigenvalue weighted by Gasteiger charge is -2.35. The number of hydrogen-bond donors (Lipinski definition) is 2. The Morgan fingerprint density at radius 2 is 1.71 bits per heavy atom. The third-order valence-electron chi connectivity index (χ3n) is 2.97. The van der Waals surface area contributed by atoms with Crippen molar-refractivity contribution < 1.29 is 14.9 Å². The lowest BCUT2D eigenvalue weighted by atomic mass is 10.2. The molecule has 1 fully saturated rings. The first-order valence-corrected chi connectivity index (χ1v) is 6.47. The van der Waals surface area contributed by atoms with Crippen LogP contribution in [0, 0.1) is 0 Å². The number of rotatable bonds is 7. The molecule has 0 saturated carbocycles. The van der Waals surface area contributed by atoms with Gasteiger partial charge in [-0.3, -0.25) is 9.80 Å². The number of aliphatic hydroxyl groups is 2. The van der Waals surface area contributed by atoms with Crippen LogP contribution in [0.15, 0.2) is 0 Å². The Hall–Kier alpha value is -0.200. The van der Waals surface area contributed by atoms with E-state index in [-0.39, 0.29) is 12.7 Å². The molecule has 0 aromatic heterocycles. The number of aliphatic hydroxyl groups excluding tert-OH is 2. The molecule has 1 atom stereocenters. The summed E-state index contributed by atoms with van der Waals surface area (Å²) >= 11 is 0. The van der Waals surface area contributed by atoms with Crippen LogP contribution in [0.3, 0.4) is 0 Å². The van der Waals surface area contributed by atoms with Crippen molar-refractivity contribution in [3.8, 4) is 0 Å². The van der Waals surface area contributed by atoms with Crippen molar-refractivity contribution >= 4 is 0 Å². The predicted octanol–water partition coefficient (Wildman–Crippen LogP) is -0.618. The molecule has 5 nitrogen and oxygen atoms in total. The second-order valence-corrected chi connectivity index (χ2v) is 4.90. The van der Waals surface area contributed by atoms with Gasteiger partial charge in [0.1, 0.15) is 0 Å². The van der Waals surface area contributed by atoms with E-state index in [0.29, 0.717) is 13.2 Å². The molecule has 1 aliphatic heterocycles. The molecule has 0 amide bonds. The van der Waals surface area contributed by atoms with E-state index in [1.165, 1.54) is 0 Å². The number of nitrogens with zero attached hydrogens (tertiary/aromatic N) is 2. The van der Waals surface area contributed by atoms with Crippen molar-refractivity contribution in [1.29, 1.82) is 0 Å². The fourth-order valence-corrected chi connectivity index (χ4v) is 1.99. The minimum atomic E-state index is -0.401. The fourth-order valence-electron chi connectivity index (χ4n) is 1.99. The molecule has 1 aliphatic rings. The molecule has 0 aliphatic carbocycles. The highest BCUT2D eigenvalue weighted by atomic mass is 16.5. The number of ether oxygens (including phenoxy) is 1. The Kier molecular flexibility index (Phi) is 6.99. The smallest absolute Gasteiger partial charge is 0.0900 e. The zero-order valence-electron chi connectivity index (χ0n) is 11.0. The van der Waals surface area contributed by atoms with Crippen molar-refractivity contribution in [2.24, 2.45) is 0 Å². The Morgan fingerprint density at radius 3 is 2.24 bits per heavy atom. The molecule has 0 aromatic rings. The summed E-state index contributed by atoms with van der Waals surface area (Å²) in [4.78, 5) is 4.50. The highest BCUT2D eigenvalue weighted by Gasteiger charge is 2.18. The summed E-state index contributed by atoms with van der Waals surface area (Å²) in [5.74, 6) is 0. The van der Waals surface area contributed by atoms with Gasteiger partial charge in [-0.2, -0.15) is 0 Å². The summed E-state index contributed by atoms with van der Waals surface area (Å²) in [7, 11) is 0. The van der Waals surface area contributed by atoms with E-state index in [9.17, 15) is 5.11 Å². The predicted molar refractivity (Wildman–Crippen MR) is 67.1 cm³/mol. The second-order valence-electron chi connectivity index (χ2n) is 4.90. The molecule has 0 aromatic carbocycles. The van der Waals surface area contributed by atoms with Crippen LogP contribution in [-0.4, -0.2) is 84.7 Å². The van der Waals surface area contributed by atoms with E-state index >= 15 is 0 Å².